The van der Waals surface area contributed by atoms with Gasteiger partial charge < -0.3 is 10.1 Å². The van der Waals surface area contributed by atoms with E-state index in [1.54, 1.807) is 49.6 Å². The number of methoxy groups -OCH3 is 1. The van der Waals surface area contributed by atoms with Gasteiger partial charge in [0.15, 0.2) is 5.57 Å². The SMILES string of the molecule is C=Cc1cc(NC(C#N)=C(C#N)C#N)ccc1OC. The second kappa shape index (κ2) is 6.49. The molecule has 92 valence electrons. The Morgan fingerprint density at radius 3 is 2.42 bits per heavy atom. The molecule has 0 aliphatic heterocycles. The molecule has 0 amide bonds. The number of hydrogen-bond donors (Lipinski definition) is 1. The molecule has 0 atom stereocenters. The van der Waals surface area contributed by atoms with Gasteiger partial charge in [-0.1, -0.05) is 12.7 Å². The average molecular weight is 250 g/mol. The van der Waals surface area contributed by atoms with Gasteiger partial charge in [-0.3, -0.25) is 0 Å². The van der Waals surface area contributed by atoms with E-state index in [0.717, 1.165) is 5.56 Å². The van der Waals surface area contributed by atoms with E-state index in [2.05, 4.69) is 11.9 Å². The second-order valence-corrected chi connectivity index (χ2v) is 3.37. The van der Waals surface area contributed by atoms with Crippen LogP contribution in [0.25, 0.3) is 6.08 Å². The van der Waals surface area contributed by atoms with Crippen LogP contribution in [0.3, 0.4) is 0 Å². The predicted octanol–water partition coefficient (Wildman–Crippen LogP) is 2.57. The van der Waals surface area contributed by atoms with Gasteiger partial charge in [0, 0.05) is 11.3 Å². The Labute approximate surface area is 111 Å². The number of allylic oxidation sites excluding steroid dienone is 2. The van der Waals surface area contributed by atoms with E-state index >= 15 is 0 Å². The van der Waals surface area contributed by atoms with Crippen LogP contribution in [0.1, 0.15) is 5.56 Å². The lowest BCUT2D eigenvalue weighted by Crippen LogP contribution is -2.01. The van der Waals surface area contributed by atoms with Crippen molar-refractivity contribution in [1.29, 1.82) is 15.8 Å². The predicted molar refractivity (Wildman–Crippen MR) is 70.6 cm³/mol. The molecule has 1 aromatic rings. The van der Waals surface area contributed by atoms with Crippen molar-refractivity contribution in [2.24, 2.45) is 0 Å². The molecule has 0 saturated carbocycles. The zero-order chi connectivity index (χ0) is 14.3. The first kappa shape index (κ1) is 13.8. The van der Waals surface area contributed by atoms with Gasteiger partial charge in [-0.05, 0) is 18.2 Å². The first-order valence-corrected chi connectivity index (χ1v) is 5.22. The van der Waals surface area contributed by atoms with E-state index in [1.807, 2.05) is 0 Å². The summed E-state index contributed by atoms with van der Waals surface area (Å²) in [4.78, 5) is 0. The van der Waals surface area contributed by atoms with Gasteiger partial charge in [0.1, 0.15) is 29.7 Å². The molecule has 0 radical (unpaired) electrons. The van der Waals surface area contributed by atoms with E-state index in [1.165, 1.54) is 0 Å². The third-order valence-electron chi connectivity index (χ3n) is 2.30. The van der Waals surface area contributed by atoms with E-state index < -0.39 is 0 Å². The lowest BCUT2D eigenvalue weighted by molar-refractivity contribution is 0.414. The summed E-state index contributed by atoms with van der Waals surface area (Å²) in [7, 11) is 1.54. The average Bonchev–Trinajstić information content (AvgIpc) is 2.46. The van der Waals surface area contributed by atoms with Crippen molar-refractivity contribution in [3.05, 3.63) is 41.6 Å². The quantitative estimate of drug-likeness (QED) is 0.829. The Kier molecular flexibility index (Phi) is 4.73. The van der Waals surface area contributed by atoms with Crippen LogP contribution in [0.15, 0.2) is 36.0 Å². The number of ether oxygens (including phenoxy) is 1. The highest BCUT2D eigenvalue weighted by Gasteiger charge is 2.07. The minimum atomic E-state index is -0.265. The fraction of sp³-hybridized carbons (Fsp3) is 0.0714. The fourth-order valence-electron chi connectivity index (χ4n) is 1.40. The first-order chi connectivity index (χ1) is 9.19. The van der Waals surface area contributed by atoms with Crippen molar-refractivity contribution in [3.63, 3.8) is 0 Å². The largest absolute Gasteiger partial charge is 0.496 e. The van der Waals surface area contributed by atoms with Crippen molar-refractivity contribution in [2.45, 2.75) is 0 Å². The zero-order valence-electron chi connectivity index (χ0n) is 10.3. The highest BCUT2D eigenvalue weighted by atomic mass is 16.5. The van der Waals surface area contributed by atoms with Gasteiger partial charge >= 0.3 is 0 Å². The van der Waals surface area contributed by atoms with Gasteiger partial charge in [0.05, 0.1) is 7.11 Å². The van der Waals surface area contributed by atoms with Gasteiger partial charge in [0.2, 0.25) is 0 Å². The monoisotopic (exact) mass is 250 g/mol. The summed E-state index contributed by atoms with van der Waals surface area (Å²) in [5.41, 5.74) is 0.944. The third kappa shape index (κ3) is 3.12. The van der Waals surface area contributed by atoms with Crippen molar-refractivity contribution >= 4 is 11.8 Å². The van der Waals surface area contributed by atoms with Gasteiger partial charge in [-0.15, -0.1) is 0 Å². The van der Waals surface area contributed by atoms with Crippen molar-refractivity contribution in [3.8, 4) is 24.0 Å². The number of anilines is 1. The van der Waals surface area contributed by atoms with Gasteiger partial charge in [-0.25, -0.2) is 0 Å². The van der Waals surface area contributed by atoms with Crippen LogP contribution in [0.2, 0.25) is 0 Å². The molecule has 0 aliphatic carbocycles. The lowest BCUT2D eigenvalue weighted by atomic mass is 10.1. The van der Waals surface area contributed by atoms with Gasteiger partial charge in [-0.2, -0.15) is 15.8 Å². The molecule has 19 heavy (non-hydrogen) atoms. The number of rotatable bonds is 4. The molecule has 0 saturated heterocycles. The number of hydrogen-bond acceptors (Lipinski definition) is 5. The third-order valence-corrected chi connectivity index (χ3v) is 2.30. The molecule has 0 fully saturated rings. The molecule has 0 aliphatic rings. The van der Waals surface area contributed by atoms with E-state index in [-0.39, 0.29) is 11.3 Å². The van der Waals surface area contributed by atoms with Crippen molar-refractivity contribution in [2.75, 3.05) is 12.4 Å². The normalized spacial score (nSPS) is 8.32. The molecule has 5 nitrogen and oxygen atoms in total. The van der Waals surface area contributed by atoms with Crippen LogP contribution in [0.5, 0.6) is 5.75 Å². The maximum atomic E-state index is 8.93. The Morgan fingerprint density at radius 1 is 1.26 bits per heavy atom. The molecule has 0 heterocycles. The maximum Gasteiger partial charge on any atom is 0.163 e. The molecular weight excluding hydrogens is 240 g/mol. The summed E-state index contributed by atoms with van der Waals surface area (Å²) in [5, 5.41) is 29.1. The van der Waals surface area contributed by atoms with Crippen molar-refractivity contribution < 1.29 is 4.74 Å². The molecule has 1 rings (SSSR count). The molecule has 0 spiro atoms. The standard InChI is InChI=1S/C14H10N4O/c1-3-10-6-12(4-5-14(10)19-2)18-13(9-17)11(7-15)8-16/h3-6,18H,1H2,2H3. The Balaban J connectivity index is 3.18. The van der Waals surface area contributed by atoms with E-state index in [9.17, 15) is 0 Å². The molecular formula is C14H10N4O. The molecule has 5 heteroatoms. The van der Waals surface area contributed by atoms with Crippen LogP contribution in [0, 0.1) is 34.0 Å². The molecule has 0 aromatic heterocycles. The molecule has 1 N–H and O–H groups in total. The first-order valence-electron chi connectivity index (χ1n) is 5.22. The molecule has 0 unspecified atom stereocenters. The number of nitrogens with zero attached hydrogens (tertiary/aromatic N) is 3. The van der Waals surface area contributed by atoms with Crippen LogP contribution < -0.4 is 10.1 Å². The van der Waals surface area contributed by atoms with Crippen LogP contribution in [-0.2, 0) is 0 Å². The second-order valence-electron chi connectivity index (χ2n) is 3.37. The summed E-state index contributed by atoms with van der Waals surface area (Å²) in [6.07, 6.45) is 1.61. The number of nitriles is 3. The van der Waals surface area contributed by atoms with Crippen LogP contribution >= 0.6 is 0 Å². The summed E-state index contributed by atoms with van der Waals surface area (Å²) in [6.45, 7) is 3.66. The fourth-order valence-corrected chi connectivity index (χ4v) is 1.40. The Morgan fingerprint density at radius 2 is 1.95 bits per heavy atom. The van der Waals surface area contributed by atoms with Crippen molar-refractivity contribution in [1.82, 2.24) is 0 Å². The summed E-state index contributed by atoms with van der Waals surface area (Å²) >= 11 is 0. The number of nitrogens with one attached hydrogen (secondary N) is 1. The minimum absolute atomic E-state index is 0.0924. The maximum absolute atomic E-state index is 8.93. The summed E-state index contributed by atoms with van der Waals surface area (Å²) in [5.74, 6) is 0.642. The Hall–Kier alpha value is -3.23. The minimum Gasteiger partial charge on any atom is -0.496 e. The molecule has 1 aromatic carbocycles. The smallest absolute Gasteiger partial charge is 0.163 e. The summed E-state index contributed by atoms with van der Waals surface area (Å²) in [6, 6.07) is 10.2. The highest BCUT2D eigenvalue weighted by Crippen LogP contribution is 2.24. The highest BCUT2D eigenvalue weighted by molar-refractivity contribution is 5.66. The number of benzene rings is 1. The summed E-state index contributed by atoms with van der Waals surface area (Å²) < 4.78 is 5.13. The van der Waals surface area contributed by atoms with Crippen LogP contribution in [-0.4, -0.2) is 7.11 Å². The van der Waals surface area contributed by atoms with Crippen LogP contribution in [0.4, 0.5) is 5.69 Å². The van der Waals surface area contributed by atoms with E-state index in [4.69, 9.17) is 20.5 Å². The topological polar surface area (TPSA) is 92.6 Å². The molecule has 0 bridgehead atoms. The van der Waals surface area contributed by atoms with E-state index in [0.29, 0.717) is 11.4 Å². The lowest BCUT2D eigenvalue weighted by Gasteiger charge is -2.09. The zero-order valence-corrected chi connectivity index (χ0v) is 10.3. The Bertz CT molecular complexity index is 637. The van der Waals surface area contributed by atoms with Gasteiger partial charge in [0.25, 0.3) is 0 Å².